The van der Waals surface area contributed by atoms with Crippen molar-refractivity contribution in [3.63, 3.8) is 0 Å². The van der Waals surface area contributed by atoms with Gasteiger partial charge in [-0.05, 0) is 31.4 Å². The second-order valence-electron chi connectivity index (χ2n) is 7.00. The fraction of sp³-hybridized carbons (Fsp3) is 0.526. The van der Waals surface area contributed by atoms with Crippen LogP contribution in [0.5, 0.6) is 0 Å². The number of fused-ring (bicyclic) bond motifs is 1. The second-order valence-corrected chi connectivity index (χ2v) is 7.00. The zero-order chi connectivity index (χ0) is 17.2. The molecule has 25 heavy (non-hydrogen) atoms. The molecular weight excluding hydrogens is 316 g/mol. The van der Waals surface area contributed by atoms with Gasteiger partial charge in [0.1, 0.15) is 0 Å². The minimum Gasteiger partial charge on any atom is -0.356 e. The molecule has 6 nitrogen and oxygen atoms in total. The zero-order valence-electron chi connectivity index (χ0n) is 14.5. The van der Waals surface area contributed by atoms with Gasteiger partial charge in [-0.25, -0.2) is 0 Å². The Morgan fingerprint density at radius 1 is 1.36 bits per heavy atom. The van der Waals surface area contributed by atoms with Crippen LogP contribution in [0.4, 0.5) is 0 Å². The monoisotopic (exact) mass is 340 g/mol. The van der Waals surface area contributed by atoms with Crippen molar-refractivity contribution < 1.29 is 9.32 Å². The molecule has 132 valence electrons. The molecule has 0 spiro atoms. The lowest BCUT2D eigenvalue weighted by Crippen LogP contribution is -2.27. The summed E-state index contributed by atoms with van der Waals surface area (Å²) in [4.78, 5) is 18.2. The number of carbonyl (C=O) groups excluding carboxylic acids is 1. The standard InChI is InChI=1S/C19H24N4O2/c1-13(24)20-10-9-18-21-19(22-25-18)15-12-17(14-6-3-2-4-7-14)23-11-5-8-16(15)23/h2-4,6-7,15-17H,5,8-12H2,1H3,(H,20,24)/t15-,16+,17-/m0/s1. The normalized spacial score (nSPS) is 25.9. The maximum Gasteiger partial charge on any atom is 0.228 e. The number of hydrogen-bond acceptors (Lipinski definition) is 5. The molecule has 6 heteroatoms. The van der Waals surface area contributed by atoms with Gasteiger partial charge in [0.25, 0.3) is 0 Å². The van der Waals surface area contributed by atoms with Gasteiger partial charge in [0.05, 0.1) is 0 Å². The summed E-state index contributed by atoms with van der Waals surface area (Å²) in [6, 6.07) is 11.7. The molecule has 1 N–H and O–H groups in total. The fourth-order valence-corrected chi connectivity index (χ4v) is 4.31. The Kier molecular flexibility index (Phi) is 4.53. The molecule has 0 unspecified atom stereocenters. The van der Waals surface area contributed by atoms with Crippen LogP contribution in [0.1, 0.15) is 55.4 Å². The van der Waals surface area contributed by atoms with E-state index < -0.39 is 0 Å². The summed E-state index contributed by atoms with van der Waals surface area (Å²) in [5.41, 5.74) is 1.38. The number of carbonyl (C=O) groups is 1. The molecule has 0 bridgehead atoms. The van der Waals surface area contributed by atoms with Gasteiger partial charge in [-0.15, -0.1) is 0 Å². The molecule has 3 heterocycles. The summed E-state index contributed by atoms with van der Waals surface area (Å²) in [6.07, 6.45) is 4.05. The third kappa shape index (κ3) is 3.31. The number of nitrogens with one attached hydrogen (secondary N) is 1. The molecular formula is C19H24N4O2. The number of nitrogens with zero attached hydrogens (tertiary/aromatic N) is 3. The lowest BCUT2D eigenvalue weighted by Gasteiger charge is -2.24. The maximum atomic E-state index is 11.0. The van der Waals surface area contributed by atoms with Crippen molar-refractivity contribution in [2.24, 2.45) is 0 Å². The summed E-state index contributed by atoms with van der Waals surface area (Å²) in [7, 11) is 0. The number of amides is 1. The van der Waals surface area contributed by atoms with E-state index in [9.17, 15) is 4.79 Å². The van der Waals surface area contributed by atoms with Crippen molar-refractivity contribution in [1.29, 1.82) is 0 Å². The number of benzene rings is 1. The second kappa shape index (κ2) is 6.96. The van der Waals surface area contributed by atoms with E-state index in [1.54, 1.807) is 0 Å². The van der Waals surface area contributed by atoms with Crippen LogP contribution < -0.4 is 5.32 Å². The summed E-state index contributed by atoms with van der Waals surface area (Å²) in [5.74, 6) is 1.72. The van der Waals surface area contributed by atoms with Gasteiger partial charge in [-0.2, -0.15) is 4.98 Å². The highest BCUT2D eigenvalue weighted by Gasteiger charge is 2.46. The molecule has 1 aromatic carbocycles. The number of rotatable bonds is 5. The van der Waals surface area contributed by atoms with E-state index in [0.717, 1.165) is 18.8 Å². The van der Waals surface area contributed by atoms with E-state index in [1.165, 1.54) is 25.3 Å². The molecule has 0 saturated carbocycles. The van der Waals surface area contributed by atoms with Crippen LogP contribution in [-0.2, 0) is 11.2 Å². The Bertz CT molecular complexity index is 730. The first-order valence-corrected chi connectivity index (χ1v) is 9.10. The highest BCUT2D eigenvalue weighted by Crippen LogP contribution is 2.48. The third-order valence-corrected chi connectivity index (χ3v) is 5.40. The van der Waals surface area contributed by atoms with Gasteiger partial charge in [0, 0.05) is 37.9 Å². The molecule has 4 rings (SSSR count). The van der Waals surface area contributed by atoms with Gasteiger partial charge in [0.15, 0.2) is 5.82 Å². The summed E-state index contributed by atoms with van der Waals surface area (Å²) in [6.45, 7) is 3.19. The van der Waals surface area contributed by atoms with E-state index in [4.69, 9.17) is 4.52 Å². The lowest BCUT2D eigenvalue weighted by molar-refractivity contribution is -0.118. The molecule has 1 amide bonds. The van der Waals surface area contributed by atoms with Gasteiger partial charge >= 0.3 is 0 Å². The van der Waals surface area contributed by atoms with Crippen molar-refractivity contribution in [3.8, 4) is 0 Å². The van der Waals surface area contributed by atoms with Gasteiger partial charge in [-0.1, -0.05) is 35.5 Å². The molecule has 2 aliphatic rings. The molecule has 2 saturated heterocycles. The van der Waals surface area contributed by atoms with Gasteiger partial charge in [-0.3, -0.25) is 9.69 Å². The topological polar surface area (TPSA) is 71.3 Å². The molecule has 2 aliphatic heterocycles. The predicted octanol–water partition coefficient (Wildman–Crippen LogP) is 2.44. The van der Waals surface area contributed by atoms with E-state index in [0.29, 0.717) is 36.9 Å². The van der Waals surface area contributed by atoms with Crippen LogP contribution in [-0.4, -0.2) is 40.1 Å². The lowest BCUT2D eigenvalue weighted by atomic mass is 9.94. The van der Waals surface area contributed by atoms with Crippen molar-refractivity contribution in [3.05, 3.63) is 47.6 Å². The average Bonchev–Trinajstić information content (AvgIpc) is 3.31. The van der Waals surface area contributed by atoms with E-state index in [1.807, 2.05) is 0 Å². The van der Waals surface area contributed by atoms with Gasteiger partial charge < -0.3 is 9.84 Å². The van der Waals surface area contributed by atoms with Crippen LogP contribution in [0.2, 0.25) is 0 Å². The Hall–Kier alpha value is -2.21. The van der Waals surface area contributed by atoms with Crippen molar-refractivity contribution in [1.82, 2.24) is 20.4 Å². The van der Waals surface area contributed by atoms with Crippen molar-refractivity contribution >= 4 is 5.91 Å². The quantitative estimate of drug-likeness (QED) is 0.905. The summed E-state index contributed by atoms with van der Waals surface area (Å²) in [5, 5.41) is 7.02. The summed E-state index contributed by atoms with van der Waals surface area (Å²) < 4.78 is 5.42. The highest BCUT2D eigenvalue weighted by molar-refractivity contribution is 5.72. The Morgan fingerprint density at radius 2 is 2.20 bits per heavy atom. The van der Waals surface area contributed by atoms with E-state index in [-0.39, 0.29) is 5.91 Å². The Morgan fingerprint density at radius 3 is 3.00 bits per heavy atom. The molecule has 2 aromatic rings. The third-order valence-electron chi connectivity index (χ3n) is 5.40. The van der Waals surface area contributed by atoms with Crippen molar-refractivity contribution in [2.45, 2.75) is 50.6 Å². The van der Waals surface area contributed by atoms with Crippen LogP contribution in [0.15, 0.2) is 34.9 Å². The van der Waals surface area contributed by atoms with E-state index >= 15 is 0 Å². The first-order valence-electron chi connectivity index (χ1n) is 9.10. The van der Waals surface area contributed by atoms with Crippen LogP contribution in [0.25, 0.3) is 0 Å². The molecule has 0 radical (unpaired) electrons. The van der Waals surface area contributed by atoms with E-state index in [2.05, 4.69) is 50.7 Å². The highest BCUT2D eigenvalue weighted by atomic mass is 16.5. The number of hydrogen-bond donors (Lipinski definition) is 1. The van der Waals surface area contributed by atoms with Gasteiger partial charge in [0.2, 0.25) is 11.8 Å². The molecule has 1 aromatic heterocycles. The van der Waals surface area contributed by atoms with Crippen LogP contribution in [0, 0.1) is 0 Å². The largest absolute Gasteiger partial charge is 0.356 e. The minimum atomic E-state index is -0.0390. The smallest absolute Gasteiger partial charge is 0.228 e. The zero-order valence-corrected chi connectivity index (χ0v) is 14.5. The van der Waals surface area contributed by atoms with Crippen LogP contribution >= 0.6 is 0 Å². The van der Waals surface area contributed by atoms with Crippen molar-refractivity contribution in [2.75, 3.05) is 13.1 Å². The molecule has 2 fully saturated rings. The van der Waals surface area contributed by atoms with Crippen LogP contribution in [0.3, 0.4) is 0 Å². The Labute approximate surface area is 147 Å². The first-order chi connectivity index (χ1) is 12.2. The number of aromatic nitrogens is 2. The SMILES string of the molecule is CC(=O)NCCc1nc([C@H]2C[C@@H](c3ccccc3)N3CCC[C@H]23)no1. The first kappa shape index (κ1) is 16.3. The predicted molar refractivity (Wildman–Crippen MR) is 93.0 cm³/mol. The Balaban J connectivity index is 1.49. The average molecular weight is 340 g/mol. The summed E-state index contributed by atoms with van der Waals surface area (Å²) >= 11 is 0. The minimum absolute atomic E-state index is 0.0390. The maximum absolute atomic E-state index is 11.0. The fourth-order valence-electron chi connectivity index (χ4n) is 4.31. The molecule has 3 atom stereocenters. The molecule has 0 aliphatic carbocycles.